The Balaban J connectivity index is 0.000000620. The lowest BCUT2D eigenvalue weighted by atomic mass is 9.94. The minimum absolute atomic E-state index is 0.0149. The Hall–Kier alpha value is -1.66. The zero-order valence-corrected chi connectivity index (χ0v) is 42.1. The third-order valence-electron chi connectivity index (χ3n) is 13.4. The van der Waals surface area contributed by atoms with Crippen LogP contribution < -0.4 is 0 Å². The number of hydrogen-bond acceptors (Lipinski definition) is 6. The Morgan fingerprint density at radius 2 is 0.694 bits per heavy atom. The maximum Gasteiger partial charge on any atom is 0.305 e. The van der Waals surface area contributed by atoms with E-state index < -0.39 is 0 Å². The number of allylic oxidation sites excluding steroid dienone is 4. The van der Waals surface area contributed by atoms with E-state index in [9.17, 15) is 9.59 Å². The fraction of sp³-hybridized carbons (Fsp3) is 0.893. The van der Waals surface area contributed by atoms with E-state index in [2.05, 4.69) is 61.8 Å². The molecule has 0 saturated carbocycles. The summed E-state index contributed by atoms with van der Waals surface area (Å²) in [6, 6.07) is 0. The number of piperidine rings is 2. The molecule has 364 valence electrons. The topological polar surface area (TPSA) is 59.1 Å². The van der Waals surface area contributed by atoms with Crippen LogP contribution in [0.3, 0.4) is 0 Å². The molecule has 0 aromatic rings. The van der Waals surface area contributed by atoms with Gasteiger partial charge in [-0.3, -0.25) is 9.59 Å². The van der Waals surface area contributed by atoms with Crippen molar-refractivity contribution in [2.45, 2.75) is 259 Å². The summed E-state index contributed by atoms with van der Waals surface area (Å²) in [4.78, 5) is 29.0. The molecule has 0 aromatic heterocycles. The maximum absolute atomic E-state index is 11.9. The number of carbonyl (C=O) groups is 2. The second-order valence-corrected chi connectivity index (χ2v) is 19.3. The molecule has 2 saturated heterocycles. The van der Waals surface area contributed by atoms with Gasteiger partial charge in [0.15, 0.2) is 0 Å². The number of rotatable bonds is 40. The fourth-order valence-corrected chi connectivity index (χ4v) is 9.13. The van der Waals surface area contributed by atoms with Crippen molar-refractivity contribution in [2.75, 3.05) is 52.5 Å². The molecule has 62 heavy (non-hydrogen) atoms. The minimum Gasteiger partial charge on any atom is -0.466 e. The van der Waals surface area contributed by atoms with Gasteiger partial charge in [-0.2, -0.15) is 0 Å². The predicted molar refractivity (Wildman–Crippen MR) is 269 cm³/mol. The summed E-state index contributed by atoms with van der Waals surface area (Å²) in [5.74, 6) is 1.53. The molecule has 0 bridgehead atoms. The molecule has 2 aliphatic rings. The first-order valence-electron chi connectivity index (χ1n) is 27.6. The summed E-state index contributed by atoms with van der Waals surface area (Å²) in [6.45, 7) is 17.7. The van der Waals surface area contributed by atoms with Gasteiger partial charge < -0.3 is 19.3 Å². The molecule has 0 aromatic carbocycles. The van der Waals surface area contributed by atoms with E-state index in [1.165, 1.54) is 219 Å². The van der Waals surface area contributed by atoms with E-state index in [-0.39, 0.29) is 11.9 Å². The van der Waals surface area contributed by atoms with Crippen molar-refractivity contribution < 1.29 is 19.1 Å². The van der Waals surface area contributed by atoms with Crippen molar-refractivity contribution in [3.05, 3.63) is 24.3 Å². The Bertz CT molecular complexity index is 933. The number of esters is 2. The molecule has 2 heterocycles. The van der Waals surface area contributed by atoms with Crippen LogP contribution in [0, 0.1) is 11.8 Å². The second kappa shape index (κ2) is 45.9. The summed E-state index contributed by atoms with van der Waals surface area (Å²) >= 11 is 0. The van der Waals surface area contributed by atoms with Crippen molar-refractivity contribution in [3.8, 4) is 0 Å². The first kappa shape index (κ1) is 58.4. The van der Waals surface area contributed by atoms with Gasteiger partial charge in [-0.05, 0) is 167 Å². The van der Waals surface area contributed by atoms with E-state index in [4.69, 9.17) is 9.47 Å². The lowest BCUT2D eigenvalue weighted by molar-refractivity contribution is -0.145. The highest BCUT2D eigenvalue weighted by atomic mass is 16.5. The molecule has 0 atom stereocenters. The molecule has 0 amide bonds. The Kier molecular flexibility index (Phi) is 43.2. The normalized spacial score (nSPS) is 15.7. The summed E-state index contributed by atoms with van der Waals surface area (Å²) in [6.07, 6.45) is 53.9. The third-order valence-corrected chi connectivity index (χ3v) is 13.4. The molecule has 0 radical (unpaired) electrons. The highest BCUT2D eigenvalue weighted by Crippen LogP contribution is 2.22. The van der Waals surface area contributed by atoms with E-state index in [0.717, 1.165) is 50.4 Å². The van der Waals surface area contributed by atoms with Crippen LogP contribution in [0.4, 0.5) is 0 Å². The average Bonchev–Trinajstić information content (AvgIpc) is 3.28. The zero-order chi connectivity index (χ0) is 44.8. The van der Waals surface area contributed by atoms with Crippen molar-refractivity contribution >= 4 is 11.9 Å². The summed E-state index contributed by atoms with van der Waals surface area (Å²) in [5, 5.41) is 0. The van der Waals surface area contributed by atoms with Crippen molar-refractivity contribution in [3.63, 3.8) is 0 Å². The quantitative estimate of drug-likeness (QED) is 0.0347. The molecule has 0 spiro atoms. The summed E-state index contributed by atoms with van der Waals surface area (Å²) < 4.78 is 11.0. The van der Waals surface area contributed by atoms with Crippen molar-refractivity contribution in [1.82, 2.24) is 9.80 Å². The highest BCUT2D eigenvalue weighted by Gasteiger charge is 2.20. The smallest absolute Gasteiger partial charge is 0.305 e. The SMILES string of the molecule is CCCCCCCC/C=C\CCCCCCCC(=O)OCCC1CCN(CCC)CC1.CCCCCCCC/C=C\CCCCCCCC(=O)OCCC1CCN(CCC)CC1. The van der Waals surface area contributed by atoms with Gasteiger partial charge in [-0.1, -0.05) is 155 Å². The monoisotopic (exact) mass is 871 g/mol. The number of hydrogen-bond donors (Lipinski definition) is 0. The first-order chi connectivity index (χ1) is 30.5. The van der Waals surface area contributed by atoms with Gasteiger partial charge in [0.2, 0.25) is 0 Å². The van der Waals surface area contributed by atoms with E-state index in [1.54, 1.807) is 0 Å². The van der Waals surface area contributed by atoms with Gasteiger partial charge in [0.1, 0.15) is 0 Å². The lowest BCUT2D eigenvalue weighted by Crippen LogP contribution is -2.34. The van der Waals surface area contributed by atoms with Crippen LogP contribution in [0.1, 0.15) is 259 Å². The first-order valence-corrected chi connectivity index (χ1v) is 27.6. The van der Waals surface area contributed by atoms with E-state index in [1.807, 2.05) is 0 Å². The van der Waals surface area contributed by atoms with E-state index in [0.29, 0.717) is 26.1 Å². The molecular formula is C56H106N2O4. The number of carbonyl (C=O) groups excluding carboxylic acids is 2. The Morgan fingerprint density at radius 1 is 0.403 bits per heavy atom. The van der Waals surface area contributed by atoms with Gasteiger partial charge >= 0.3 is 11.9 Å². The molecule has 0 unspecified atom stereocenters. The molecule has 2 aliphatic heterocycles. The van der Waals surface area contributed by atoms with Gasteiger partial charge in [-0.15, -0.1) is 0 Å². The van der Waals surface area contributed by atoms with Crippen LogP contribution in [0.2, 0.25) is 0 Å². The van der Waals surface area contributed by atoms with Crippen LogP contribution in [0.25, 0.3) is 0 Å². The molecule has 2 fully saturated rings. The average molecular weight is 871 g/mol. The van der Waals surface area contributed by atoms with Gasteiger partial charge in [-0.25, -0.2) is 0 Å². The van der Waals surface area contributed by atoms with Crippen LogP contribution in [-0.4, -0.2) is 74.2 Å². The summed E-state index contributed by atoms with van der Waals surface area (Å²) in [7, 11) is 0. The molecule has 6 nitrogen and oxygen atoms in total. The van der Waals surface area contributed by atoms with Crippen LogP contribution in [-0.2, 0) is 19.1 Å². The van der Waals surface area contributed by atoms with Crippen LogP contribution in [0.5, 0.6) is 0 Å². The zero-order valence-electron chi connectivity index (χ0n) is 42.1. The van der Waals surface area contributed by atoms with Gasteiger partial charge in [0, 0.05) is 12.8 Å². The number of unbranched alkanes of at least 4 members (excludes halogenated alkanes) is 22. The minimum atomic E-state index is 0.0149. The largest absolute Gasteiger partial charge is 0.466 e. The standard InChI is InChI=1S/2C28H53NO2/c2*1-3-5-6-7-8-9-10-11-12-13-14-15-16-17-18-19-28(30)31-26-22-27-20-24-29(23-4-2)25-21-27/h2*11-12,27H,3-10,13-26H2,1-2H3/b2*12-11-. The number of likely N-dealkylation sites (tertiary alicyclic amines) is 2. The fourth-order valence-electron chi connectivity index (χ4n) is 9.13. The number of ether oxygens (including phenoxy) is 2. The van der Waals surface area contributed by atoms with Crippen molar-refractivity contribution in [2.24, 2.45) is 11.8 Å². The molecule has 2 rings (SSSR count). The Labute approximate surface area is 386 Å². The second-order valence-electron chi connectivity index (χ2n) is 19.3. The number of nitrogens with zero attached hydrogens (tertiary/aromatic N) is 2. The van der Waals surface area contributed by atoms with E-state index >= 15 is 0 Å². The molecule has 6 heteroatoms. The molecule has 0 N–H and O–H groups in total. The lowest BCUT2D eigenvalue weighted by Gasteiger charge is -2.31. The third kappa shape index (κ3) is 38.8. The summed E-state index contributed by atoms with van der Waals surface area (Å²) in [5.41, 5.74) is 0. The molecule has 0 aliphatic carbocycles. The van der Waals surface area contributed by atoms with Crippen LogP contribution >= 0.6 is 0 Å². The van der Waals surface area contributed by atoms with Gasteiger partial charge in [0.25, 0.3) is 0 Å². The maximum atomic E-state index is 11.9. The van der Waals surface area contributed by atoms with Gasteiger partial charge in [0.05, 0.1) is 13.2 Å². The highest BCUT2D eigenvalue weighted by molar-refractivity contribution is 5.69. The molecular weight excluding hydrogens is 765 g/mol. The Morgan fingerprint density at radius 3 is 1.00 bits per heavy atom. The predicted octanol–water partition coefficient (Wildman–Crippen LogP) is 16.2. The van der Waals surface area contributed by atoms with Crippen molar-refractivity contribution in [1.29, 1.82) is 0 Å². The van der Waals surface area contributed by atoms with Crippen LogP contribution in [0.15, 0.2) is 24.3 Å².